The van der Waals surface area contributed by atoms with Gasteiger partial charge in [0.2, 0.25) is 11.8 Å². The van der Waals surface area contributed by atoms with Crippen LogP contribution in [0.4, 0.5) is 0 Å². The van der Waals surface area contributed by atoms with Crippen LogP contribution in [-0.4, -0.2) is 63.2 Å². The molecule has 0 bridgehead atoms. The molecule has 0 radical (unpaired) electrons. The van der Waals surface area contributed by atoms with Gasteiger partial charge in [0.25, 0.3) is 5.56 Å². The summed E-state index contributed by atoms with van der Waals surface area (Å²) in [6.45, 7) is 35.6. The largest absolute Gasteiger partial charge is 0.392 e. The zero-order valence-electron chi connectivity index (χ0n) is 33.3. The number of pyridine rings is 1. The highest BCUT2D eigenvalue weighted by Gasteiger charge is 2.32. The lowest BCUT2D eigenvalue weighted by Gasteiger charge is -2.21. The van der Waals surface area contributed by atoms with Crippen LogP contribution in [0.3, 0.4) is 0 Å². The molecule has 2 unspecified atom stereocenters. The number of hydrogen-bond donors (Lipinski definition) is 0. The third-order valence-corrected chi connectivity index (χ3v) is 9.39. The zero-order chi connectivity index (χ0) is 37.0. The van der Waals surface area contributed by atoms with E-state index in [-0.39, 0.29) is 17.5 Å². The molecular weight excluding hydrogens is 600 g/mol. The molecular formula is C40H70N4O4. The van der Waals surface area contributed by atoms with Gasteiger partial charge in [0, 0.05) is 62.4 Å². The predicted octanol–water partition coefficient (Wildman–Crippen LogP) is 8.71. The van der Waals surface area contributed by atoms with Crippen LogP contribution in [0.1, 0.15) is 141 Å². The van der Waals surface area contributed by atoms with E-state index in [9.17, 15) is 14.4 Å². The minimum absolute atomic E-state index is 0.0983. The van der Waals surface area contributed by atoms with Crippen LogP contribution in [0.25, 0.3) is 0 Å². The second-order valence-corrected chi connectivity index (χ2v) is 16.1. The minimum Gasteiger partial charge on any atom is -0.392 e. The summed E-state index contributed by atoms with van der Waals surface area (Å²) >= 11 is 0. The van der Waals surface area contributed by atoms with E-state index in [1.54, 1.807) is 16.7 Å². The number of carbonyl (C=O) groups is 2. The third-order valence-electron chi connectivity index (χ3n) is 9.39. The van der Waals surface area contributed by atoms with Crippen molar-refractivity contribution in [2.75, 3.05) is 13.1 Å². The molecule has 0 aliphatic carbocycles. The second kappa shape index (κ2) is 19.9. The van der Waals surface area contributed by atoms with Gasteiger partial charge in [0.15, 0.2) is 0 Å². The first-order valence-electron chi connectivity index (χ1n) is 18.4. The molecule has 48 heavy (non-hydrogen) atoms. The molecule has 1 fully saturated rings. The molecule has 3 aliphatic heterocycles. The number of nitrogens with zero attached hydrogens (tertiary/aromatic N) is 4. The lowest BCUT2D eigenvalue weighted by Crippen LogP contribution is -2.32. The number of hydrogen-bond acceptors (Lipinski definition) is 5. The molecule has 1 aromatic heterocycles. The molecule has 0 N–H and O–H groups in total. The maximum Gasteiger partial charge on any atom is 0.251 e. The standard InChI is InChI=1S/C11H17NO.C10H19NO.C10H17NO.C9H17NO/c1-8(2)10-5-6-12(9(3)4)11(13)7-10;2*1-7(2)9-5-10(12)11(6-9)8(3)4;1-6(2)8-5-9(7(3)4)11-10-8/h5-9H,1-4H3;7-9H,5-6H2,1-4H3;5,7-8H,6H2,1-4H3;6-7,9H,5H2,1-4H3. The van der Waals surface area contributed by atoms with E-state index < -0.39 is 0 Å². The first kappa shape index (κ1) is 43.1. The number of likely N-dealkylation sites (tertiary alicyclic amines) is 1. The van der Waals surface area contributed by atoms with E-state index in [1.165, 1.54) is 11.3 Å². The fourth-order valence-corrected chi connectivity index (χ4v) is 5.46. The molecule has 1 aromatic rings. The fraction of sp³-hybridized carbons (Fsp3) is 0.750. The first-order valence-corrected chi connectivity index (χ1v) is 18.4. The molecule has 4 heterocycles. The quantitative estimate of drug-likeness (QED) is 0.277. The molecule has 2 atom stereocenters. The van der Waals surface area contributed by atoms with Gasteiger partial charge in [0.1, 0.15) is 6.10 Å². The Morgan fingerprint density at radius 3 is 1.58 bits per heavy atom. The number of aromatic nitrogens is 1. The highest BCUT2D eigenvalue weighted by molar-refractivity contribution is 5.91. The van der Waals surface area contributed by atoms with Crippen LogP contribution in [0, 0.1) is 29.6 Å². The van der Waals surface area contributed by atoms with Crippen molar-refractivity contribution in [2.45, 2.75) is 154 Å². The summed E-state index contributed by atoms with van der Waals surface area (Å²) in [5, 5.41) is 4.05. The second-order valence-electron chi connectivity index (χ2n) is 16.1. The van der Waals surface area contributed by atoms with Crippen LogP contribution < -0.4 is 5.56 Å². The summed E-state index contributed by atoms with van der Waals surface area (Å²) < 4.78 is 1.74. The Bertz CT molecular complexity index is 1260. The monoisotopic (exact) mass is 671 g/mol. The maximum atomic E-state index is 11.5. The van der Waals surface area contributed by atoms with Crippen molar-refractivity contribution < 1.29 is 14.4 Å². The van der Waals surface area contributed by atoms with Crippen molar-refractivity contribution in [3.05, 3.63) is 45.9 Å². The van der Waals surface area contributed by atoms with Gasteiger partial charge < -0.3 is 19.2 Å². The summed E-state index contributed by atoms with van der Waals surface area (Å²) in [5.41, 5.74) is 3.68. The van der Waals surface area contributed by atoms with E-state index >= 15 is 0 Å². The third kappa shape index (κ3) is 13.5. The van der Waals surface area contributed by atoms with Gasteiger partial charge in [-0.25, -0.2) is 0 Å². The molecule has 2 amide bonds. The van der Waals surface area contributed by atoms with Crippen LogP contribution in [0.15, 0.2) is 39.9 Å². The average Bonchev–Trinajstić information content (AvgIpc) is 3.72. The fourth-order valence-electron chi connectivity index (χ4n) is 5.46. The Labute approximate surface area is 293 Å². The van der Waals surface area contributed by atoms with E-state index in [4.69, 9.17) is 4.84 Å². The summed E-state index contributed by atoms with van der Waals surface area (Å²) in [6, 6.07) is 4.69. The van der Waals surface area contributed by atoms with E-state index in [0.29, 0.717) is 59.6 Å². The molecule has 8 heteroatoms. The van der Waals surface area contributed by atoms with Crippen molar-refractivity contribution in [2.24, 2.45) is 34.7 Å². The van der Waals surface area contributed by atoms with Crippen molar-refractivity contribution in [3.8, 4) is 0 Å². The molecule has 274 valence electrons. The molecule has 0 saturated carbocycles. The summed E-state index contributed by atoms with van der Waals surface area (Å²) in [4.78, 5) is 43.6. The van der Waals surface area contributed by atoms with Gasteiger partial charge in [-0.2, -0.15) is 0 Å². The first-order chi connectivity index (χ1) is 22.2. The average molecular weight is 671 g/mol. The molecule has 4 rings (SSSR count). The van der Waals surface area contributed by atoms with Crippen LogP contribution in [0.5, 0.6) is 0 Å². The Morgan fingerprint density at radius 2 is 1.29 bits per heavy atom. The topological polar surface area (TPSA) is 84.2 Å². The Balaban J connectivity index is 0.000000320. The number of rotatable bonds is 8. The summed E-state index contributed by atoms with van der Waals surface area (Å²) in [5.74, 6) is 3.77. The Kier molecular flexibility index (Phi) is 17.9. The minimum atomic E-state index is 0.0983. The SMILES string of the molecule is CC(C)C1=CC(=O)N(C(C)C)C1.CC(C)C1=NOC(C(C)C)C1.CC(C)C1CC(=O)N(C(C)C)C1.CC(C)c1ccn(C(C)C)c(=O)c1. The zero-order valence-corrected chi connectivity index (χ0v) is 33.3. The van der Waals surface area contributed by atoms with Gasteiger partial charge in [-0.3, -0.25) is 14.4 Å². The van der Waals surface area contributed by atoms with Gasteiger partial charge in [-0.15, -0.1) is 0 Å². The van der Waals surface area contributed by atoms with E-state index in [1.807, 2.05) is 35.9 Å². The Hall–Kier alpha value is -2.90. The number of oxime groups is 1. The predicted molar refractivity (Wildman–Crippen MR) is 201 cm³/mol. The molecule has 1 saturated heterocycles. The lowest BCUT2D eigenvalue weighted by molar-refractivity contribution is -0.129. The summed E-state index contributed by atoms with van der Waals surface area (Å²) in [7, 11) is 0. The van der Waals surface area contributed by atoms with Crippen molar-refractivity contribution in [1.29, 1.82) is 0 Å². The number of carbonyl (C=O) groups excluding carboxylic acids is 2. The molecule has 3 aliphatic rings. The van der Waals surface area contributed by atoms with Crippen LogP contribution >= 0.6 is 0 Å². The van der Waals surface area contributed by atoms with E-state index in [2.05, 4.69) is 102 Å². The number of amides is 2. The smallest absolute Gasteiger partial charge is 0.251 e. The van der Waals surface area contributed by atoms with Crippen molar-refractivity contribution in [1.82, 2.24) is 14.4 Å². The van der Waals surface area contributed by atoms with Crippen LogP contribution in [-0.2, 0) is 14.4 Å². The van der Waals surface area contributed by atoms with Crippen molar-refractivity contribution in [3.63, 3.8) is 0 Å². The normalized spacial score (nSPS) is 19.2. The van der Waals surface area contributed by atoms with Crippen molar-refractivity contribution >= 4 is 17.5 Å². The highest BCUT2D eigenvalue weighted by Crippen LogP contribution is 2.26. The van der Waals surface area contributed by atoms with Crippen LogP contribution in [0.2, 0.25) is 0 Å². The van der Waals surface area contributed by atoms with Gasteiger partial charge >= 0.3 is 0 Å². The molecule has 0 aromatic carbocycles. The van der Waals surface area contributed by atoms with Gasteiger partial charge in [-0.05, 0) is 94.3 Å². The van der Waals surface area contributed by atoms with E-state index in [0.717, 1.165) is 31.5 Å². The van der Waals surface area contributed by atoms with Gasteiger partial charge in [0.05, 0.1) is 5.71 Å². The maximum absolute atomic E-state index is 11.5. The molecule has 0 spiro atoms. The van der Waals surface area contributed by atoms with Gasteiger partial charge in [-0.1, -0.05) is 74.4 Å². The lowest BCUT2D eigenvalue weighted by atomic mass is 9.95. The summed E-state index contributed by atoms with van der Waals surface area (Å²) in [6.07, 6.45) is 5.77. The highest BCUT2D eigenvalue weighted by atomic mass is 16.6. The Morgan fingerprint density at radius 1 is 0.708 bits per heavy atom. The molecule has 8 nitrogen and oxygen atoms in total.